The Bertz CT molecular complexity index is 935. The summed E-state index contributed by atoms with van der Waals surface area (Å²) in [5.74, 6) is -0.170. The number of hydrogen-bond donors (Lipinski definition) is 0. The lowest BCUT2D eigenvalue weighted by Crippen LogP contribution is -2.37. The molecule has 2 heterocycles. The SMILES string of the molecule is CCOc1ccccc1C1CC(=O)N(c2ccc(Cl)cc2)C2=C1C(=O)OC2. The summed E-state index contributed by atoms with van der Waals surface area (Å²) in [6.45, 7) is 2.49. The lowest BCUT2D eigenvalue weighted by molar-refractivity contribution is -0.136. The highest BCUT2D eigenvalue weighted by Crippen LogP contribution is 2.44. The maximum absolute atomic E-state index is 13.0. The molecule has 1 atom stereocenters. The molecule has 5 nitrogen and oxygen atoms in total. The predicted molar refractivity (Wildman–Crippen MR) is 102 cm³/mol. The van der Waals surface area contributed by atoms with Gasteiger partial charge in [0.1, 0.15) is 12.4 Å². The summed E-state index contributed by atoms with van der Waals surface area (Å²) >= 11 is 5.96. The molecular weight excluding hydrogens is 366 g/mol. The Balaban J connectivity index is 1.82. The molecule has 0 aliphatic carbocycles. The first kappa shape index (κ1) is 17.6. The molecule has 2 aliphatic heterocycles. The predicted octanol–water partition coefficient (Wildman–Crippen LogP) is 4.07. The lowest BCUT2D eigenvalue weighted by Gasteiger charge is -2.32. The molecule has 0 saturated carbocycles. The molecule has 2 aromatic rings. The van der Waals surface area contributed by atoms with Crippen molar-refractivity contribution in [2.24, 2.45) is 0 Å². The Kier molecular flexibility index (Phi) is 4.62. The number of carbonyl (C=O) groups excluding carboxylic acids is 2. The molecule has 138 valence electrons. The van der Waals surface area contributed by atoms with Crippen molar-refractivity contribution >= 4 is 29.2 Å². The largest absolute Gasteiger partial charge is 0.494 e. The van der Waals surface area contributed by atoms with Gasteiger partial charge >= 0.3 is 5.97 Å². The second-order valence-electron chi connectivity index (χ2n) is 6.37. The van der Waals surface area contributed by atoms with Gasteiger partial charge in [-0.2, -0.15) is 0 Å². The Hall–Kier alpha value is -2.79. The van der Waals surface area contributed by atoms with Crippen LogP contribution in [0.15, 0.2) is 59.8 Å². The number of halogens is 1. The van der Waals surface area contributed by atoms with Gasteiger partial charge in [-0.1, -0.05) is 29.8 Å². The van der Waals surface area contributed by atoms with Gasteiger partial charge in [0.05, 0.1) is 17.9 Å². The van der Waals surface area contributed by atoms with Crippen molar-refractivity contribution in [3.8, 4) is 5.75 Å². The van der Waals surface area contributed by atoms with Crippen LogP contribution in [-0.2, 0) is 14.3 Å². The smallest absolute Gasteiger partial charge is 0.336 e. The first-order valence-electron chi connectivity index (χ1n) is 8.80. The number of carbonyl (C=O) groups is 2. The van der Waals surface area contributed by atoms with Gasteiger partial charge in [-0.15, -0.1) is 0 Å². The lowest BCUT2D eigenvalue weighted by atomic mass is 9.83. The summed E-state index contributed by atoms with van der Waals surface area (Å²) in [4.78, 5) is 27.1. The number of ether oxygens (including phenoxy) is 2. The van der Waals surface area contributed by atoms with Crippen molar-refractivity contribution in [1.29, 1.82) is 0 Å². The maximum Gasteiger partial charge on any atom is 0.336 e. The quantitative estimate of drug-likeness (QED) is 0.747. The minimum absolute atomic E-state index is 0.0792. The molecule has 2 aromatic carbocycles. The van der Waals surface area contributed by atoms with Gasteiger partial charge in [0, 0.05) is 28.6 Å². The summed E-state index contributed by atoms with van der Waals surface area (Å²) in [5, 5.41) is 0.583. The van der Waals surface area contributed by atoms with Gasteiger partial charge in [0.25, 0.3) is 0 Å². The summed E-state index contributed by atoms with van der Waals surface area (Å²) in [6, 6.07) is 14.5. The molecule has 1 unspecified atom stereocenters. The number of anilines is 1. The molecule has 1 amide bonds. The fourth-order valence-electron chi connectivity index (χ4n) is 3.66. The van der Waals surface area contributed by atoms with E-state index in [0.717, 1.165) is 5.56 Å². The average molecular weight is 384 g/mol. The van der Waals surface area contributed by atoms with Crippen LogP contribution in [0.3, 0.4) is 0 Å². The van der Waals surface area contributed by atoms with Crippen LogP contribution in [0.1, 0.15) is 24.8 Å². The van der Waals surface area contributed by atoms with E-state index in [4.69, 9.17) is 21.1 Å². The summed E-state index contributed by atoms with van der Waals surface area (Å²) in [5.41, 5.74) is 2.62. The highest BCUT2D eigenvalue weighted by Gasteiger charge is 2.43. The highest BCUT2D eigenvalue weighted by atomic mass is 35.5. The van der Waals surface area contributed by atoms with E-state index in [1.54, 1.807) is 29.2 Å². The number of amides is 1. The van der Waals surface area contributed by atoms with Crippen molar-refractivity contribution in [2.75, 3.05) is 18.1 Å². The molecule has 0 aromatic heterocycles. The van der Waals surface area contributed by atoms with Crippen molar-refractivity contribution in [2.45, 2.75) is 19.3 Å². The third-order valence-corrected chi connectivity index (χ3v) is 5.05. The standard InChI is InChI=1S/C21H18ClNO4/c1-2-26-18-6-4-3-5-15(18)16-11-19(24)23(14-9-7-13(22)8-10-14)17-12-27-21(25)20(16)17/h3-10,16H,2,11-12H2,1H3. The molecule has 4 rings (SSSR count). The van der Waals surface area contributed by atoms with E-state index in [-0.39, 0.29) is 30.8 Å². The van der Waals surface area contributed by atoms with E-state index in [2.05, 4.69) is 0 Å². The van der Waals surface area contributed by atoms with Crippen LogP contribution in [0.5, 0.6) is 5.75 Å². The minimum atomic E-state index is -0.382. The molecule has 2 aliphatic rings. The van der Waals surface area contributed by atoms with Gasteiger partial charge in [0.2, 0.25) is 5.91 Å². The van der Waals surface area contributed by atoms with Crippen LogP contribution in [0.25, 0.3) is 0 Å². The minimum Gasteiger partial charge on any atom is -0.494 e. The molecule has 0 radical (unpaired) electrons. The van der Waals surface area contributed by atoms with Gasteiger partial charge in [-0.25, -0.2) is 4.79 Å². The van der Waals surface area contributed by atoms with Crippen LogP contribution in [0, 0.1) is 0 Å². The van der Waals surface area contributed by atoms with Crippen molar-refractivity contribution in [1.82, 2.24) is 0 Å². The van der Waals surface area contributed by atoms with Crippen LogP contribution < -0.4 is 9.64 Å². The second kappa shape index (κ2) is 7.08. The number of hydrogen-bond acceptors (Lipinski definition) is 4. The third-order valence-electron chi connectivity index (χ3n) is 4.80. The maximum atomic E-state index is 13.0. The fraction of sp³-hybridized carbons (Fsp3) is 0.238. The van der Waals surface area contributed by atoms with E-state index in [1.807, 2.05) is 31.2 Å². The zero-order valence-corrected chi connectivity index (χ0v) is 15.5. The zero-order valence-electron chi connectivity index (χ0n) is 14.8. The number of rotatable bonds is 4. The van der Waals surface area contributed by atoms with Crippen molar-refractivity contribution in [3.63, 3.8) is 0 Å². The van der Waals surface area contributed by atoms with E-state index < -0.39 is 0 Å². The van der Waals surface area contributed by atoms with Gasteiger partial charge in [-0.05, 0) is 37.3 Å². The topological polar surface area (TPSA) is 55.8 Å². The molecule has 0 fully saturated rings. The van der Waals surface area contributed by atoms with E-state index in [1.165, 1.54) is 0 Å². The Labute approximate surface area is 162 Å². The normalized spacial score (nSPS) is 19.2. The molecule has 6 heteroatoms. The Morgan fingerprint density at radius 3 is 2.63 bits per heavy atom. The number of nitrogens with zero attached hydrogens (tertiary/aromatic N) is 1. The van der Waals surface area contributed by atoms with Gasteiger partial charge < -0.3 is 9.47 Å². The van der Waals surface area contributed by atoms with Crippen molar-refractivity contribution in [3.05, 3.63) is 70.4 Å². The second-order valence-corrected chi connectivity index (χ2v) is 6.81. The summed E-state index contributed by atoms with van der Waals surface area (Å²) < 4.78 is 11.0. The number of para-hydroxylation sites is 1. The number of cyclic esters (lactones) is 1. The highest BCUT2D eigenvalue weighted by molar-refractivity contribution is 6.30. The fourth-order valence-corrected chi connectivity index (χ4v) is 3.79. The Morgan fingerprint density at radius 1 is 1.15 bits per heavy atom. The molecule has 0 spiro atoms. The summed E-state index contributed by atoms with van der Waals surface area (Å²) in [6.07, 6.45) is 0.167. The number of benzene rings is 2. The average Bonchev–Trinajstić information content (AvgIpc) is 3.05. The van der Waals surface area contributed by atoms with Gasteiger partial charge in [-0.3, -0.25) is 9.69 Å². The molecule has 0 saturated heterocycles. The Morgan fingerprint density at radius 2 is 1.89 bits per heavy atom. The first-order valence-corrected chi connectivity index (χ1v) is 9.18. The van der Waals surface area contributed by atoms with Crippen molar-refractivity contribution < 1.29 is 19.1 Å². The monoisotopic (exact) mass is 383 g/mol. The van der Waals surface area contributed by atoms with Crippen LogP contribution >= 0.6 is 11.6 Å². The van der Waals surface area contributed by atoms with E-state index in [0.29, 0.717) is 34.3 Å². The molecule has 0 N–H and O–H groups in total. The molecular formula is C21H18ClNO4. The zero-order chi connectivity index (χ0) is 19.0. The van der Waals surface area contributed by atoms with E-state index >= 15 is 0 Å². The third kappa shape index (κ3) is 3.08. The first-order chi connectivity index (χ1) is 13.1. The van der Waals surface area contributed by atoms with Crippen LogP contribution in [0.2, 0.25) is 5.02 Å². The van der Waals surface area contributed by atoms with Crippen LogP contribution in [-0.4, -0.2) is 25.1 Å². The van der Waals surface area contributed by atoms with Crippen LogP contribution in [0.4, 0.5) is 5.69 Å². The molecule has 0 bridgehead atoms. The van der Waals surface area contributed by atoms with E-state index in [9.17, 15) is 9.59 Å². The molecule has 27 heavy (non-hydrogen) atoms. The van der Waals surface area contributed by atoms with Gasteiger partial charge in [0.15, 0.2) is 0 Å². The number of esters is 1. The summed E-state index contributed by atoms with van der Waals surface area (Å²) in [7, 11) is 0.